The van der Waals surface area contributed by atoms with Crippen molar-refractivity contribution < 1.29 is 28.5 Å². The smallest absolute Gasteiger partial charge is 0.341 e. The van der Waals surface area contributed by atoms with Crippen molar-refractivity contribution in [3.63, 3.8) is 0 Å². The van der Waals surface area contributed by atoms with Gasteiger partial charge in [-0.2, -0.15) is 0 Å². The van der Waals surface area contributed by atoms with Gasteiger partial charge in [-0.15, -0.1) is 0 Å². The molecule has 0 aromatic heterocycles. The van der Waals surface area contributed by atoms with Crippen LogP contribution in [-0.2, 0) is 25.5 Å². The van der Waals surface area contributed by atoms with Crippen LogP contribution in [-0.4, -0.2) is 39.4 Å². The number of aryl methyl sites for hydroxylation is 1. The molecule has 0 radical (unpaired) electrons. The Morgan fingerprint density at radius 1 is 0.643 bits per heavy atom. The number of fused-ring (bicyclic) bond motifs is 1. The van der Waals surface area contributed by atoms with E-state index in [1.54, 1.807) is 18.2 Å². The van der Waals surface area contributed by atoms with Gasteiger partial charge < -0.3 is 18.9 Å². The Morgan fingerprint density at radius 2 is 1.21 bits per heavy atom. The third-order valence-corrected chi connectivity index (χ3v) is 6.83. The molecule has 4 aromatic rings. The van der Waals surface area contributed by atoms with E-state index < -0.39 is 11.9 Å². The number of methoxy groups -OCH3 is 2. The molecule has 0 atom stereocenters. The summed E-state index contributed by atoms with van der Waals surface area (Å²) in [6, 6.07) is 25.7. The van der Waals surface area contributed by atoms with E-state index in [2.05, 4.69) is 56.5 Å². The van der Waals surface area contributed by atoms with Crippen LogP contribution in [0.15, 0.2) is 103 Å². The topological polar surface area (TPSA) is 71.1 Å². The largest absolute Gasteiger partial charge is 0.423 e. The molecule has 0 spiro atoms. The minimum absolute atomic E-state index is 0.0877. The van der Waals surface area contributed by atoms with Crippen molar-refractivity contribution >= 4 is 22.7 Å². The van der Waals surface area contributed by atoms with E-state index in [0.29, 0.717) is 11.5 Å². The zero-order chi connectivity index (χ0) is 30.1. The van der Waals surface area contributed by atoms with E-state index in [4.69, 9.17) is 18.9 Å². The van der Waals surface area contributed by atoms with Gasteiger partial charge in [0.2, 0.25) is 0 Å². The maximum atomic E-state index is 12.5. The molecule has 42 heavy (non-hydrogen) atoms. The number of carbonyl (C=O) groups is 2. The fraction of sp³-hybridized carbons (Fsp3) is 0.222. The second kappa shape index (κ2) is 14.4. The van der Waals surface area contributed by atoms with Crippen LogP contribution in [0.25, 0.3) is 33.0 Å². The van der Waals surface area contributed by atoms with Crippen molar-refractivity contribution in [3.8, 4) is 33.8 Å². The van der Waals surface area contributed by atoms with E-state index in [1.807, 2.05) is 24.3 Å². The van der Waals surface area contributed by atoms with Crippen LogP contribution >= 0.6 is 0 Å². The lowest BCUT2D eigenvalue weighted by molar-refractivity contribution is -0.131. The Bertz CT molecular complexity index is 1600. The Morgan fingerprint density at radius 3 is 1.86 bits per heavy atom. The SMILES string of the molecule is C=C(COC)C(=O)Oc1ccc(-c2ccc(OC(=O)C(=C)COC)cc2-c2ccc3cc(CCCC)ccc3c2)cc1. The number of carbonyl (C=O) groups excluding carboxylic acids is 2. The third kappa shape index (κ3) is 7.60. The second-order valence-corrected chi connectivity index (χ2v) is 10.1. The number of esters is 2. The number of benzene rings is 4. The van der Waals surface area contributed by atoms with Crippen molar-refractivity contribution in [3.05, 3.63) is 109 Å². The van der Waals surface area contributed by atoms with Gasteiger partial charge in [-0.25, -0.2) is 9.59 Å². The summed E-state index contributed by atoms with van der Waals surface area (Å²) >= 11 is 0. The molecule has 0 N–H and O–H groups in total. The molecule has 6 heteroatoms. The fourth-order valence-corrected chi connectivity index (χ4v) is 4.60. The van der Waals surface area contributed by atoms with Gasteiger partial charge in [-0.1, -0.05) is 75.0 Å². The van der Waals surface area contributed by atoms with Gasteiger partial charge in [-0.3, -0.25) is 0 Å². The average molecular weight is 565 g/mol. The zero-order valence-corrected chi connectivity index (χ0v) is 24.4. The molecule has 0 saturated heterocycles. The molecule has 0 saturated carbocycles. The first-order valence-corrected chi connectivity index (χ1v) is 13.9. The highest BCUT2D eigenvalue weighted by atomic mass is 16.5. The summed E-state index contributed by atoms with van der Waals surface area (Å²) in [4.78, 5) is 24.8. The normalized spacial score (nSPS) is 10.8. The Balaban J connectivity index is 1.70. The van der Waals surface area contributed by atoms with Crippen molar-refractivity contribution in [1.29, 1.82) is 0 Å². The molecule has 0 fully saturated rings. The van der Waals surface area contributed by atoms with Crippen molar-refractivity contribution in [1.82, 2.24) is 0 Å². The van der Waals surface area contributed by atoms with Gasteiger partial charge in [0.15, 0.2) is 0 Å². The molecule has 6 nitrogen and oxygen atoms in total. The lowest BCUT2D eigenvalue weighted by Crippen LogP contribution is -2.14. The molecule has 0 unspecified atom stereocenters. The summed E-state index contributed by atoms with van der Waals surface area (Å²) < 4.78 is 21.0. The van der Waals surface area contributed by atoms with Crippen molar-refractivity contribution in [2.45, 2.75) is 26.2 Å². The zero-order valence-electron chi connectivity index (χ0n) is 24.4. The number of unbranched alkanes of at least 4 members (excludes halogenated alkanes) is 1. The van der Waals surface area contributed by atoms with E-state index in [-0.39, 0.29) is 24.4 Å². The summed E-state index contributed by atoms with van der Waals surface area (Å²) in [5, 5.41) is 2.29. The molecule has 216 valence electrons. The first-order valence-electron chi connectivity index (χ1n) is 13.9. The van der Waals surface area contributed by atoms with Gasteiger partial charge in [0.05, 0.1) is 24.4 Å². The van der Waals surface area contributed by atoms with Gasteiger partial charge in [0.25, 0.3) is 0 Å². The number of rotatable bonds is 13. The van der Waals surface area contributed by atoms with Gasteiger partial charge >= 0.3 is 11.9 Å². The number of hydrogen-bond acceptors (Lipinski definition) is 6. The van der Waals surface area contributed by atoms with Crippen LogP contribution in [0.2, 0.25) is 0 Å². The van der Waals surface area contributed by atoms with Crippen molar-refractivity contribution in [2.24, 2.45) is 0 Å². The van der Waals surface area contributed by atoms with Crippen LogP contribution in [0.1, 0.15) is 25.3 Å². The lowest BCUT2D eigenvalue weighted by atomic mass is 9.92. The molecule has 0 aliphatic carbocycles. The van der Waals surface area contributed by atoms with Crippen LogP contribution in [0.3, 0.4) is 0 Å². The van der Waals surface area contributed by atoms with Gasteiger partial charge in [-0.05, 0) is 81.8 Å². The van der Waals surface area contributed by atoms with E-state index in [1.165, 1.54) is 25.2 Å². The van der Waals surface area contributed by atoms with E-state index >= 15 is 0 Å². The van der Waals surface area contributed by atoms with E-state index in [9.17, 15) is 9.59 Å². The van der Waals surface area contributed by atoms with Crippen LogP contribution < -0.4 is 9.47 Å². The van der Waals surface area contributed by atoms with Crippen LogP contribution in [0.4, 0.5) is 0 Å². The highest BCUT2D eigenvalue weighted by molar-refractivity contribution is 5.94. The predicted octanol–water partition coefficient (Wildman–Crippen LogP) is 7.73. The standard InChI is InChI=1S/C36H36O6/c1-6-7-8-26-9-10-29-20-30(12-11-28(29)19-26)34-21-32(42-36(38)25(3)23-40-5)17-18-33(34)27-13-15-31(16-14-27)41-35(37)24(2)22-39-4/h9-21H,2-3,6-8,22-23H2,1,4-5H3. The van der Waals surface area contributed by atoms with Crippen LogP contribution in [0.5, 0.6) is 11.5 Å². The number of ether oxygens (including phenoxy) is 4. The second-order valence-electron chi connectivity index (χ2n) is 10.1. The minimum atomic E-state index is -0.546. The Hall–Kier alpha value is -4.52. The van der Waals surface area contributed by atoms with Gasteiger partial charge in [0.1, 0.15) is 11.5 Å². The third-order valence-electron chi connectivity index (χ3n) is 6.83. The summed E-state index contributed by atoms with van der Waals surface area (Å²) in [6.45, 7) is 9.83. The molecule has 0 aliphatic heterocycles. The predicted molar refractivity (Wildman–Crippen MR) is 167 cm³/mol. The Labute approximate surface area is 247 Å². The molecule has 4 aromatic carbocycles. The highest BCUT2D eigenvalue weighted by Crippen LogP contribution is 2.37. The molecule has 4 rings (SSSR count). The fourth-order valence-electron chi connectivity index (χ4n) is 4.60. The first-order chi connectivity index (χ1) is 20.3. The molecular weight excluding hydrogens is 528 g/mol. The molecule has 0 bridgehead atoms. The Kier molecular flexibility index (Phi) is 10.4. The first kappa shape index (κ1) is 30.4. The quantitative estimate of drug-likeness (QED) is 0.0940. The molecular formula is C36H36O6. The molecule has 0 amide bonds. The monoisotopic (exact) mass is 564 g/mol. The molecule has 0 heterocycles. The van der Waals surface area contributed by atoms with Gasteiger partial charge in [0, 0.05) is 14.2 Å². The maximum Gasteiger partial charge on any atom is 0.341 e. The van der Waals surface area contributed by atoms with E-state index in [0.717, 1.165) is 46.9 Å². The molecule has 0 aliphatic rings. The summed E-state index contributed by atoms with van der Waals surface area (Å²) in [7, 11) is 2.99. The summed E-state index contributed by atoms with van der Waals surface area (Å²) in [5.41, 5.74) is 5.46. The summed E-state index contributed by atoms with van der Waals surface area (Å²) in [6.07, 6.45) is 3.38. The average Bonchev–Trinajstić information content (AvgIpc) is 3.00. The minimum Gasteiger partial charge on any atom is -0.423 e. The lowest BCUT2D eigenvalue weighted by Gasteiger charge is -2.15. The summed E-state index contributed by atoms with van der Waals surface area (Å²) in [5.74, 6) is -0.294. The maximum absolute atomic E-state index is 12.5. The van der Waals surface area contributed by atoms with Crippen LogP contribution in [0, 0.1) is 0 Å². The number of hydrogen-bond donors (Lipinski definition) is 0. The van der Waals surface area contributed by atoms with Crippen molar-refractivity contribution in [2.75, 3.05) is 27.4 Å². The highest BCUT2D eigenvalue weighted by Gasteiger charge is 2.15.